The van der Waals surface area contributed by atoms with E-state index >= 15 is 0 Å². The van der Waals surface area contributed by atoms with Gasteiger partial charge in [-0.2, -0.15) is 0 Å². The molecular formula is C17H24F5NO4. The summed E-state index contributed by atoms with van der Waals surface area (Å²) in [6.07, 6.45) is -1.49. The molecule has 3 unspecified atom stereocenters. The quantitative estimate of drug-likeness (QED) is 0.462. The largest absolute Gasteiger partial charge is 0.448 e. The van der Waals surface area contributed by atoms with Crippen molar-refractivity contribution < 1.29 is 41.6 Å². The first-order chi connectivity index (χ1) is 12.8. The third kappa shape index (κ3) is 6.12. The van der Waals surface area contributed by atoms with Gasteiger partial charge < -0.3 is 19.7 Å². The molecule has 1 aliphatic rings. The van der Waals surface area contributed by atoms with Gasteiger partial charge in [-0.1, -0.05) is 13.8 Å². The second-order valence-electron chi connectivity index (χ2n) is 5.12. The SMILES string of the molecule is CC.CO.COC(C)CC1CC(O)OC(c2c(F)c(F)c(F)c(F)c2F)=N1. The number of methoxy groups -OCH3 is 1. The lowest BCUT2D eigenvalue weighted by atomic mass is 10.0. The number of aliphatic hydroxyl groups excluding tert-OH is 2. The minimum atomic E-state index is -2.27. The van der Waals surface area contributed by atoms with Crippen LogP contribution >= 0.6 is 0 Å². The maximum absolute atomic E-state index is 13.8. The Bertz CT molecular complexity index is 613. The molecule has 1 heterocycles. The number of benzene rings is 1. The Morgan fingerprint density at radius 1 is 1.04 bits per heavy atom. The van der Waals surface area contributed by atoms with Crippen molar-refractivity contribution in [3.63, 3.8) is 0 Å². The Morgan fingerprint density at radius 2 is 1.48 bits per heavy atom. The van der Waals surface area contributed by atoms with Crippen LogP contribution in [0.15, 0.2) is 4.99 Å². The van der Waals surface area contributed by atoms with Gasteiger partial charge in [0.15, 0.2) is 23.3 Å². The molecule has 1 aromatic rings. The fourth-order valence-electron chi connectivity index (χ4n) is 2.20. The maximum Gasteiger partial charge on any atom is 0.225 e. The molecule has 0 saturated heterocycles. The van der Waals surface area contributed by atoms with Crippen molar-refractivity contribution in [1.29, 1.82) is 0 Å². The van der Waals surface area contributed by atoms with Crippen molar-refractivity contribution in [2.24, 2.45) is 4.99 Å². The molecule has 0 bridgehead atoms. The Balaban J connectivity index is 0.00000158. The lowest BCUT2D eigenvalue weighted by molar-refractivity contribution is -0.0501. The first kappa shape index (κ1) is 25.2. The highest BCUT2D eigenvalue weighted by Crippen LogP contribution is 2.27. The van der Waals surface area contributed by atoms with Gasteiger partial charge >= 0.3 is 0 Å². The third-order valence-corrected chi connectivity index (χ3v) is 3.45. The van der Waals surface area contributed by atoms with Gasteiger partial charge in [-0.25, -0.2) is 26.9 Å². The van der Waals surface area contributed by atoms with Crippen molar-refractivity contribution in [2.75, 3.05) is 14.2 Å². The fraction of sp³-hybridized carbons (Fsp3) is 0.588. The summed E-state index contributed by atoms with van der Waals surface area (Å²) >= 11 is 0. The first-order valence-corrected chi connectivity index (χ1v) is 8.18. The van der Waals surface area contributed by atoms with Gasteiger partial charge in [-0.3, -0.25) is 0 Å². The molecule has 156 valence electrons. The molecule has 3 atom stereocenters. The predicted molar refractivity (Wildman–Crippen MR) is 88.8 cm³/mol. The number of rotatable bonds is 4. The van der Waals surface area contributed by atoms with Crippen LogP contribution in [0.4, 0.5) is 22.0 Å². The fourth-order valence-corrected chi connectivity index (χ4v) is 2.20. The summed E-state index contributed by atoms with van der Waals surface area (Å²) < 4.78 is 76.9. The standard InChI is InChI=1S/C14H14F5NO3.C2H6.CH4O/c1-5(22-2)3-6-4-7(21)23-14(20-6)8-9(15)11(17)13(19)12(18)10(8)16;2*1-2/h5-7,21H,3-4H2,1-2H3;1-2H3;2H,1H3. The van der Waals surface area contributed by atoms with E-state index in [2.05, 4.69) is 4.99 Å². The molecule has 0 amide bonds. The van der Waals surface area contributed by atoms with E-state index < -0.39 is 52.9 Å². The highest BCUT2D eigenvalue weighted by atomic mass is 19.2. The van der Waals surface area contributed by atoms with Gasteiger partial charge in [0.25, 0.3) is 0 Å². The predicted octanol–water partition coefficient (Wildman–Crippen LogP) is 3.30. The van der Waals surface area contributed by atoms with Crippen LogP contribution in [0.2, 0.25) is 0 Å². The minimum Gasteiger partial charge on any atom is -0.448 e. The van der Waals surface area contributed by atoms with Crippen LogP contribution in [-0.2, 0) is 9.47 Å². The summed E-state index contributed by atoms with van der Waals surface area (Å²) in [7, 11) is 2.44. The van der Waals surface area contributed by atoms with Gasteiger partial charge in [-0.15, -0.1) is 0 Å². The van der Waals surface area contributed by atoms with E-state index in [0.717, 1.165) is 7.11 Å². The maximum atomic E-state index is 13.8. The summed E-state index contributed by atoms with van der Waals surface area (Å²) in [6.45, 7) is 5.70. The molecule has 0 radical (unpaired) electrons. The number of aliphatic imine (C=N–C) groups is 1. The molecule has 10 heteroatoms. The number of hydrogen-bond donors (Lipinski definition) is 2. The van der Waals surface area contributed by atoms with Crippen LogP contribution in [-0.4, -0.2) is 48.8 Å². The molecule has 0 fully saturated rings. The molecule has 2 N–H and O–H groups in total. The van der Waals surface area contributed by atoms with E-state index in [1.54, 1.807) is 6.92 Å². The Morgan fingerprint density at radius 3 is 1.93 bits per heavy atom. The van der Waals surface area contributed by atoms with E-state index in [4.69, 9.17) is 14.6 Å². The Kier molecular flexibility index (Phi) is 11.1. The van der Waals surface area contributed by atoms with Crippen LogP contribution in [0.3, 0.4) is 0 Å². The molecule has 0 spiro atoms. The number of nitrogens with zero attached hydrogens (tertiary/aromatic N) is 1. The van der Waals surface area contributed by atoms with Gasteiger partial charge in [0.2, 0.25) is 18.0 Å². The average Bonchev–Trinajstić information content (AvgIpc) is 2.67. The van der Waals surface area contributed by atoms with Crippen molar-refractivity contribution in [1.82, 2.24) is 0 Å². The Hall–Kier alpha value is -1.78. The zero-order chi connectivity index (χ0) is 21.3. The van der Waals surface area contributed by atoms with Crippen LogP contribution in [0.5, 0.6) is 0 Å². The molecule has 1 aromatic carbocycles. The van der Waals surface area contributed by atoms with E-state index in [-0.39, 0.29) is 18.9 Å². The van der Waals surface area contributed by atoms with Crippen LogP contribution in [0, 0.1) is 29.1 Å². The van der Waals surface area contributed by atoms with Gasteiger partial charge in [-0.05, 0) is 13.3 Å². The molecule has 5 nitrogen and oxygen atoms in total. The van der Waals surface area contributed by atoms with Crippen LogP contribution in [0.25, 0.3) is 0 Å². The highest BCUT2D eigenvalue weighted by Gasteiger charge is 2.33. The summed E-state index contributed by atoms with van der Waals surface area (Å²) in [5.41, 5.74) is -1.30. The smallest absolute Gasteiger partial charge is 0.225 e. The Labute approximate surface area is 154 Å². The lowest BCUT2D eigenvalue weighted by Gasteiger charge is -2.27. The minimum absolute atomic E-state index is 0.00654. The highest BCUT2D eigenvalue weighted by molar-refractivity contribution is 5.95. The summed E-state index contributed by atoms with van der Waals surface area (Å²) in [5, 5.41) is 16.6. The van der Waals surface area contributed by atoms with E-state index in [0.29, 0.717) is 0 Å². The molecule has 2 rings (SSSR count). The van der Waals surface area contributed by atoms with Crippen LogP contribution in [0.1, 0.15) is 39.2 Å². The summed E-state index contributed by atoms with van der Waals surface area (Å²) in [5.74, 6) is -11.4. The summed E-state index contributed by atoms with van der Waals surface area (Å²) in [6, 6.07) is -0.654. The van der Waals surface area contributed by atoms with E-state index in [1.165, 1.54) is 7.11 Å². The van der Waals surface area contributed by atoms with Crippen LogP contribution < -0.4 is 0 Å². The lowest BCUT2D eigenvalue weighted by Crippen LogP contribution is -2.33. The molecule has 1 aliphatic heterocycles. The topological polar surface area (TPSA) is 71.3 Å². The molecular weight excluding hydrogens is 377 g/mol. The van der Waals surface area contributed by atoms with Crippen molar-refractivity contribution in [3.8, 4) is 0 Å². The number of ether oxygens (including phenoxy) is 2. The zero-order valence-corrected chi connectivity index (χ0v) is 15.7. The van der Waals surface area contributed by atoms with E-state index in [1.807, 2.05) is 13.8 Å². The second kappa shape index (κ2) is 11.8. The average molecular weight is 401 g/mol. The van der Waals surface area contributed by atoms with Gasteiger partial charge in [0.1, 0.15) is 5.56 Å². The van der Waals surface area contributed by atoms with E-state index in [9.17, 15) is 27.1 Å². The third-order valence-electron chi connectivity index (χ3n) is 3.45. The molecule has 0 aromatic heterocycles. The molecule has 27 heavy (non-hydrogen) atoms. The number of hydrogen-bond acceptors (Lipinski definition) is 5. The van der Waals surface area contributed by atoms with Gasteiger partial charge in [0.05, 0.1) is 12.1 Å². The van der Waals surface area contributed by atoms with Crippen molar-refractivity contribution >= 4 is 5.90 Å². The summed E-state index contributed by atoms with van der Waals surface area (Å²) in [4.78, 5) is 3.84. The second-order valence-corrected chi connectivity index (χ2v) is 5.12. The normalized spacial score (nSPS) is 19.6. The molecule has 0 aliphatic carbocycles. The van der Waals surface area contributed by atoms with Crippen molar-refractivity contribution in [3.05, 3.63) is 34.6 Å². The number of aliphatic hydroxyl groups is 2. The monoisotopic (exact) mass is 401 g/mol. The van der Waals surface area contributed by atoms with Crippen molar-refractivity contribution in [2.45, 2.75) is 52.0 Å². The molecule has 0 saturated carbocycles. The first-order valence-electron chi connectivity index (χ1n) is 8.18. The zero-order valence-electron chi connectivity index (χ0n) is 15.7. The number of halogens is 5. The van der Waals surface area contributed by atoms with Gasteiger partial charge in [0, 0.05) is 20.6 Å².